The Kier molecular flexibility index (Phi) is 17.5. The van der Waals surface area contributed by atoms with E-state index in [1.165, 1.54) is 19.3 Å². The second-order valence-electron chi connectivity index (χ2n) is 2.15. The molecule has 0 N–H and O–H groups in total. The van der Waals surface area contributed by atoms with Gasteiger partial charge in [0.25, 0.3) is 0 Å². The Morgan fingerprint density at radius 2 is 1.50 bits per heavy atom. The third-order valence-corrected chi connectivity index (χ3v) is 3.48. The van der Waals surface area contributed by atoms with Crippen LogP contribution in [0.2, 0.25) is 5.28 Å². The van der Waals surface area contributed by atoms with Gasteiger partial charge in [-0.15, -0.1) is 23.2 Å². The van der Waals surface area contributed by atoms with Gasteiger partial charge in [-0.05, 0) is 0 Å². The van der Waals surface area contributed by atoms with Crippen molar-refractivity contribution < 1.29 is 0 Å². The first-order valence-corrected chi connectivity index (χ1v) is 6.25. The van der Waals surface area contributed by atoms with E-state index < -0.39 is 0 Å². The number of rotatable bonds is 3. The fourth-order valence-electron chi connectivity index (χ4n) is 0.354. The molecule has 0 atom stereocenters. The first kappa shape index (κ1) is 13.7. The molecule has 0 saturated heterocycles. The lowest BCUT2D eigenvalue weighted by Gasteiger charge is -1.84. The Hall–Kier alpha value is 1.11. The molecule has 0 rings (SSSR count). The molecule has 0 nitrogen and oxygen atoms in total. The van der Waals surface area contributed by atoms with E-state index in [0.717, 1.165) is 21.6 Å². The highest BCUT2D eigenvalue weighted by molar-refractivity contribution is 6.46. The fraction of sp³-hybridized carbons (Fsp3) is 1.00. The SMILES string of the molecule is CCCCC.[AlH2][CH2]C(Cl)Cl. The summed E-state index contributed by atoms with van der Waals surface area (Å²) in [6, 6.07) is 0. The van der Waals surface area contributed by atoms with Crippen LogP contribution in [-0.4, -0.2) is 21.1 Å². The maximum absolute atomic E-state index is 5.26. The number of alkyl halides is 2. The molecule has 0 spiro atoms. The van der Waals surface area contributed by atoms with Crippen LogP contribution in [0.5, 0.6) is 0 Å². The van der Waals surface area contributed by atoms with E-state index in [-0.39, 0.29) is 4.84 Å². The minimum absolute atomic E-state index is 0.110. The fourth-order valence-corrected chi connectivity index (χ4v) is 0.354. The highest BCUT2D eigenvalue weighted by atomic mass is 35.5. The normalized spacial score (nSPS) is 8.90. The van der Waals surface area contributed by atoms with Crippen molar-refractivity contribution in [1.82, 2.24) is 0 Å². The summed E-state index contributed by atoms with van der Waals surface area (Å²) < 4.78 is 0. The maximum atomic E-state index is 5.26. The molecular weight excluding hydrogens is 182 g/mol. The summed E-state index contributed by atoms with van der Waals surface area (Å²) in [6.45, 7) is 4.42. The molecule has 0 saturated carbocycles. The largest absolute Gasteiger partial charge is 0.216 e. The highest BCUT2D eigenvalue weighted by Gasteiger charge is 1.87. The van der Waals surface area contributed by atoms with E-state index in [1.807, 2.05) is 0 Å². The Morgan fingerprint density at radius 3 is 1.50 bits per heavy atom. The van der Waals surface area contributed by atoms with E-state index in [0.29, 0.717) is 0 Å². The first-order chi connectivity index (χ1) is 4.68. The zero-order valence-corrected chi connectivity index (χ0v) is 10.7. The van der Waals surface area contributed by atoms with Gasteiger partial charge < -0.3 is 0 Å². The molecule has 0 aromatic heterocycles. The average Bonchev–Trinajstić information content (AvgIpc) is 1.91. The van der Waals surface area contributed by atoms with Crippen LogP contribution in [0.15, 0.2) is 0 Å². The van der Waals surface area contributed by atoms with Gasteiger partial charge in [0, 0.05) is 0 Å². The van der Waals surface area contributed by atoms with Gasteiger partial charge in [-0.2, -0.15) is 0 Å². The van der Waals surface area contributed by atoms with Crippen LogP contribution in [0.4, 0.5) is 0 Å². The quantitative estimate of drug-likeness (QED) is 0.484. The average molecular weight is 199 g/mol. The topological polar surface area (TPSA) is 0 Å². The molecule has 3 heteroatoms. The molecule has 0 radical (unpaired) electrons. The lowest BCUT2D eigenvalue weighted by atomic mass is 10.3. The van der Waals surface area contributed by atoms with Crippen molar-refractivity contribution in [2.45, 2.75) is 43.2 Å². The van der Waals surface area contributed by atoms with Crippen molar-refractivity contribution in [2.75, 3.05) is 0 Å². The smallest absolute Gasteiger partial charge is 0.107 e. The number of unbranched alkanes of at least 4 members (excludes halogenated alkanes) is 2. The third-order valence-electron chi connectivity index (χ3n) is 1.02. The number of hydrogen-bond acceptors (Lipinski definition) is 0. The zero-order chi connectivity index (χ0) is 8.41. The van der Waals surface area contributed by atoms with Crippen molar-refractivity contribution in [1.29, 1.82) is 0 Å². The molecule has 0 unspecified atom stereocenters. The summed E-state index contributed by atoms with van der Waals surface area (Å²) in [4.78, 5) is -0.110. The first-order valence-electron chi connectivity index (χ1n) is 3.97. The maximum Gasteiger partial charge on any atom is 0.216 e. The Labute approximate surface area is 82.7 Å². The van der Waals surface area contributed by atoms with Gasteiger partial charge in [-0.25, -0.2) is 0 Å². The molecule has 10 heavy (non-hydrogen) atoms. The van der Waals surface area contributed by atoms with Crippen molar-refractivity contribution in [3.05, 3.63) is 0 Å². The zero-order valence-electron chi connectivity index (χ0n) is 7.16. The van der Waals surface area contributed by atoms with Gasteiger partial charge in [0.05, 0.1) is 4.84 Å². The lowest BCUT2D eigenvalue weighted by Crippen LogP contribution is -1.79. The van der Waals surface area contributed by atoms with Crippen LogP contribution in [0.1, 0.15) is 33.1 Å². The second kappa shape index (κ2) is 12.8. The second-order valence-corrected chi connectivity index (χ2v) is 4.25. The molecule has 62 valence electrons. The molecule has 0 amide bonds. The van der Waals surface area contributed by atoms with Crippen LogP contribution in [0.25, 0.3) is 0 Å². The van der Waals surface area contributed by atoms with Crippen molar-refractivity contribution in [2.24, 2.45) is 0 Å². The standard InChI is InChI=1S/C5H12.C2H3Cl2.Al.2H/c1-3-5-4-2;1-2(3)4;;;/h3-5H2,1-2H3;2H,1H2;;;. The van der Waals surface area contributed by atoms with Crippen LogP contribution in [-0.2, 0) is 0 Å². The van der Waals surface area contributed by atoms with Gasteiger partial charge in [-0.1, -0.05) is 38.4 Å². The lowest BCUT2D eigenvalue weighted by molar-refractivity contribution is 0.772. The molecule has 0 bridgehead atoms. The van der Waals surface area contributed by atoms with Crippen molar-refractivity contribution >= 4 is 39.5 Å². The summed E-state index contributed by atoms with van der Waals surface area (Å²) in [6.07, 6.45) is 4.08. The Balaban J connectivity index is 0. The van der Waals surface area contributed by atoms with Crippen LogP contribution in [0, 0.1) is 0 Å². The molecule has 0 aliphatic rings. The van der Waals surface area contributed by atoms with Gasteiger partial charge >= 0.3 is 0 Å². The van der Waals surface area contributed by atoms with E-state index >= 15 is 0 Å². The minimum Gasteiger partial charge on any atom is -0.107 e. The van der Waals surface area contributed by atoms with Crippen molar-refractivity contribution in [3.8, 4) is 0 Å². The van der Waals surface area contributed by atoms with E-state index in [9.17, 15) is 0 Å². The summed E-state index contributed by atoms with van der Waals surface area (Å²) in [5, 5.41) is 0.975. The minimum atomic E-state index is -0.110. The summed E-state index contributed by atoms with van der Waals surface area (Å²) in [5.74, 6) is 0. The molecule has 0 aromatic carbocycles. The van der Waals surface area contributed by atoms with E-state index in [2.05, 4.69) is 13.8 Å². The molecule has 0 aliphatic carbocycles. The van der Waals surface area contributed by atoms with Crippen LogP contribution >= 0.6 is 23.2 Å². The molecule has 0 heterocycles. The van der Waals surface area contributed by atoms with Gasteiger partial charge in [-0.3, -0.25) is 0 Å². The predicted molar refractivity (Wildman–Crippen MR) is 54.0 cm³/mol. The Morgan fingerprint density at radius 1 is 1.20 bits per heavy atom. The predicted octanol–water partition coefficient (Wildman–Crippen LogP) is 3.04. The molecule has 0 aromatic rings. The van der Waals surface area contributed by atoms with Gasteiger partial charge in [0.2, 0.25) is 16.3 Å². The highest BCUT2D eigenvalue weighted by Crippen LogP contribution is 2.02. The summed E-state index contributed by atoms with van der Waals surface area (Å²) in [5.41, 5.74) is 0. The Bertz CT molecular complexity index is 46.9. The van der Waals surface area contributed by atoms with E-state index in [1.54, 1.807) is 0 Å². The summed E-state index contributed by atoms with van der Waals surface area (Å²) in [7, 11) is 0. The van der Waals surface area contributed by atoms with Gasteiger partial charge in [0.1, 0.15) is 0 Å². The van der Waals surface area contributed by atoms with Crippen LogP contribution < -0.4 is 0 Å². The monoisotopic (exact) mass is 198 g/mol. The third kappa shape index (κ3) is 22.9. The number of halogens is 2. The van der Waals surface area contributed by atoms with Crippen molar-refractivity contribution in [3.63, 3.8) is 0 Å². The molecular formula is C7H17AlCl2. The molecule has 0 fully saturated rings. The number of hydrogen-bond donors (Lipinski definition) is 0. The van der Waals surface area contributed by atoms with E-state index in [4.69, 9.17) is 23.2 Å². The van der Waals surface area contributed by atoms with Gasteiger partial charge in [0.15, 0.2) is 0 Å². The summed E-state index contributed by atoms with van der Waals surface area (Å²) >= 11 is 11.6. The van der Waals surface area contributed by atoms with Crippen LogP contribution in [0.3, 0.4) is 0 Å². The molecule has 0 aliphatic heterocycles.